The van der Waals surface area contributed by atoms with E-state index in [1.54, 1.807) is 24.3 Å². The van der Waals surface area contributed by atoms with Gasteiger partial charge in [-0.25, -0.2) is 0 Å². The number of carbonyl (C=O) groups is 3. The first kappa shape index (κ1) is 23.4. The number of ketones is 1. The Morgan fingerprint density at radius 3 is 2.47 bits per heavy atom. The van der Waals surface area contributed by atoms with Crippen LogP contribution in [0.25, 0.3) is 0 Å². The molecule has 7 heteroatoms. The number of esters is 1. The number of hydrogen-bond donors (Lipinski definition) is 1. The molecule has 0 saturated carbocycles. The highest BCUT2D eigenvalue weighted by Gasteiger charge is 2.10. The number of ether oxygens (including phenoxy) is 2. The highest BCUT2D eigenvalue weighted by Crippen LogP contribution is 2.21. The van der Waals surface area contributed by atoms with Crippen LogP contribution in [0.5, 0.6) is 5.75 Å². The molecule has 0 radical (unpaired) electrons. The summed E-state index contributed by atoms with van der Waals surface area (Å²) in [5, 5.41) is 3.37. The van der Waals surface area contributed by atoms with Crippen molar-refractivity contribution in [1.29, 1.82) is 0 Å². The molecule has 2 aromatic carbocycles. The summed E-state index contributed by atoms with van der Waals surface area (Å²) in [7, 11) is 0. The van der Waals surface area contributed by atoms with Gasteiger partial charge in [0.1, 0.15) is 5.75 Å². The zero-order chi connectivity index (χ0) is 21.9. The zero-order valence-corrected chi connectivity index (χ0v) is 18.0. The van der Waals surface area contributed by atoms with Crippen LogP contribution in [-0.2, 0) is 20.7 Å². The molecule has 0 fully saturated rings. The molecule has 0 unspecified atom stereocenters. The van der Waals surface area contributed by atoms with E-state index in [1.165, 1.54) is 6.92 Å². The van der Waals surface area contributed by atoms with Gasteiger partial charge in [0.25, 0.3) is 0 Å². The summed E-state index contributed by atoms with van der Waals surface area (Å²) in [5.74, 6) is -0.0461. The second kappa shape index (κ2) is 12.0. The molecular weight excluding hydrogens is 406 g/mol. The number of hydrogen-bond acceptors (Lipinski definition) is 5. The first-order valence-corrected chi connectivity index (χ1v) is 10.1. The number of benzene rings is 2. The summed E-state index contributed by atoms with van der Waals surface area (Å²) < 4.78 is 10.7. The van der Waals surface area contributed by atoms with Gasteiger partial charge in [0.2, 0.25) is 5.91 Å². The van der Waals surface area contributed by atoms with Gasteiger partial charge in [-0.3, -0.25) is 14.4 Å². The molecule has 0 saturated heterocycles. The normalized spacial score (nSPS) is 10.4. The van der Waals surface area contributed by atoms with Crippen molar-refractivity contribution < 1.29 is 23.9 Å². The van der Waals surface area contributed by atoms with Crippen molar-refractivity contribution in [3.8, 4) is 5.75 Å². The first-order chi connectivity index (χ1) is 14.3. The smallest absolute Gasteiger partial charge is 0.306 e. The summed E-state index contributed by atoms with van der Waals surface area (Å²) >= 11 is 5.90. The predicted octanol–water partition coefficient (Wildman–Crippen LogP) is 3.91. The van der Waals surface area contributed by atoms with Crippen LogP contribution in [0.1, 0.15) is 41.3 Å². The number of carbonyl (C=O) groups excluding carboxylic acids is 3. The third-order valence-corrected chi connectivity index (χ3v) is 4.58. The average Bonchev–Trinajstić information content (AvgIpc) is 2.71. The molecule has 1 N–H and O–H groups in total. The molecule has 1 amide bonds. The molecule has 0 heterocycles. The number of aryl methyl sites for hydroxylation is 1. The van der Waals surface area contributed by atoms with Gasteiger partial charge in [-0.15, -0.1) is 0 Å². The fourth-order valence-corrected chi connectivity index (χ4v) is 2.94. The van der Waals surface area contributed by atoms with Crippen molar-refractivity contribution in [2.45, 2.75) is 33.1 Å². The van der Waals surface area contributed by atoms with Gasteiger partial charge >= 0.3 is 5.97 Å². The Balaban J connectivity index is 1.66. The molecular formula is C23H26ClNO5. The number of halogens is 1. The van der Waals surface area contributed by atoms with Crippen LogP contribution in [0.15, 0.2) is 42.5 Å². The standard InChI is InChI=1S/C23H26ClNO5/c1-16-14-20(24)9-10-22(16)29-13-3-4-23(28)30-15-21(27)19-7-5-18(6-8-19)11-12-25-17(2)26/h5-10,14H,3-4,11-13,15H2,1-2H3,(H,25,26). The Kier molecular flexibility index (Phi) is 9.35. The van der Waals surface area contributed by atoms with Crippen LogP contribution in [0.3, 0.4) is 0 Å². The topological polar surface area (TPSA) is 81.7 Å². The quantitative estimate of drug-likeness (QED) is 0.331. The van der Waals surface area contributed by atoms with Crippen LogP contribution in [0.2, 0.25) is 5.02 Å². The lowest BCUT2D eigenvalue weighted by Crippen LogP contribution is -2.22. The van der Waals surface area contributed by atoms with E-state index >= 15 is 0 Å². The van der Waals surface area contributed by atoms with E-state index in [0.29, 0.717) is 36.6 Å². The third kappa shape index (κ3) is 8.25. The maximum absolute atomic E-state index is 12.2. The van der Waals surface area contributed by atoms with Crippen LogP contribution in [-0.4, -0.2) is 37.4 Å². The second-order valence-corrected chi connectivity index (χ2v) is 7.31. The van der Waals surface area contributed by atoms with E-state index in [0.717, 1.165) is 16.9 Å². The summed E-state index contributed by atoms with van der Waals surface area (Å²) in [6.45, 7) is 3.99. The molecule has 2 aromatic rings. The van der Waals surface area contributed by atoms with E-state index in [1.807, 2.05) is 25.1 Å². The summed E-state index contributed by atoms with van der Waals surface area (Å²) in [4.78, 5) is 34.9. The Morgan fingerprint density at radius 1 is 1.07 bits per heavy atom. The zero-order valence-electron chi connectivity index (χ0n) is 17.2. The van der Waals surface area contributed by atoms with E-state index < -0.39 is 5.97 Å². The van der Waals surface area contributed by atoms with Crippen molar-refractivity contribution in [1.82, 2.24) is 5.32 Å². The molecule has 0 aromatic heterocycles. The van der Waals surface area contributed by atoms with Crippen LogP contribution >= 0.6 is 11.6 Å². The van der Waals surface area contributed by atoms with Gasteiger partial charge in [-0.05, 0) is 49.1 Å². The fraction of sp³-hybridized carbons (Fsp3) is 0.348. The lowest BCUT2D eigenvalue weighted by molar-refractivity contribution is -0.142. The Labute approximate surface area is 181 Å². The molecule has 0 aliphatic carbocycles. The van der Waals surface area contributed by atoms with Gasteiger partial charge < -0.3 is 14.8 Å². The SMILES string of the molecule is CC(=O)NCCc1ccc(C(=O)COC(=O)CCCOc2ccc(Cl)cc2C)cc1. The van der Waals surface area contributed by atoms with E-state index in [-0.39, 0.29) is 24.7 Å². The highest BCUT2D eigenvalue weighted by molar-refractivity contribution is 6.30. The summed E-state index contributed by atoms with van der Waals surface area (Å²) in [6, 6.07) is 12.4. The van der Waals surface area contributed by atoms with Gasteiger partial charge in [0.05, 0.1) is 6.61 Å². The molecule has 0 aliphatic heterocycles. The number of rotatable bonds is 11. The fourth-order valence-electron chi connectivity index (χ4n) is 2.72. The van der Waals surface area contributed by atoms with E-state index in [9.17, 15) is 14.4 Å². The lowest BCUT2D eigenvalue weighted by atomic mass is 10.1. The molecule has 0 atom stereocenters. The molecule has 160 valence electrons. The molecule has 0 bridgehead atoms. The van der Waals surface area contributed by atoms with Gasteiger partial charge in [0, 0.05) is 30.5 Å². The summed E-state index contributed by atoms with van der Waals surface area (Å²) in [6.07, 6.45) is 1.33. The minimum atomic E-state index is -0.438. The van der Waals surface area contributed by atoms with Crippen LogP contribution in [0, 0.1) is 6.92 Å². The van der Waals surface area contributed by atoms with Crippen LogP contribution in [0.4, 0.5) is 0 Å². The molecule has 30 heavy (non-hydrogen) atoms. The molecule has 0 aliphatic rings. The molecule has 6 nitrogen and oxygen atoms in total. The number of amides is 1. The summed E-state index contributed by atoms with van der Waals surface area (Å²) in [5.41, 5.74) is 2.41. The third-order valence-electron chi connectivity index (χ3n) is 4.35. The van der Waals surface area contributed by atoms with Crippen molar-refractivity contribution >= 4 is 29.3 Å². The Hall–Kier alpha value is -2.86. The number of Topliss-reactive ketones (excluding diaryl/α,β-unsaturated/α-hetero) is 1. The highest BCUT2D eigenvalue weighted by atomic mass is 35.5. The largest absolute Gasteiger partial charge is 0.493 e. The van der Waals surface area contributed by atoms with Crippen molar-refractivity contribution in [2.24, 2.45) is 0 Å². The van der Waals surface area contributed by atoms with Crippen LogP contribution < -0.4 is 10.1 Å². The Morgan fingerprint density at radius 2 is 1.80 bits per heavy atom. The minimum Gasteiger partial charge on any atom is -0.493 e. The van der Waals surface area contributed by atoms with Gasteiger partial charge in [-0.1, -0.05) is 35.9 Å². The maximum Gasteiger partial charge on any atom is 0.306 e. The molecule has 2 rings (SSSR count). The average molecular weight is 432 g/mol. The second-order valence-electron chi connectivity index (χ2n) is 6.88. The Bertz CT molecular complexity index is 880. The monoisotopic (exact) mass is 431 g/mol. The minimum absolute atomic E-state index is 0.0738. The molecule has 0 spiro atoms. The van der Waals surface area contributed by atoms with Crippen molar-refractivity contribution in [2.75, 3.05) is 19.8 Å². The number of nitrogens with one attached hydrogen (secondary N) is 1. The maximum atomic E-state index is 12.2. The van der Waals surface area contributed by atoms with Gasteiger partial charge in [-0.2, -0.15) is 0 Å². The first-order valence-electron chi connectivity index (χ1n) is 9.76. The van der Waals surface area contributed by atoms with Crippen molar-refractivity contribution in [3.05, 3.63) is 64.2 Å². The van der Waals surface area contributed by atoms with Crippen molar-refractivity contribution in [3.63, 3.8) is 0 Å². The van der Waals surface area contributed by atoms with E-state index in [4.69, 9.17) is 21.1 Å². The van der Waals surface area contributed by atoms with E-state index in [2.05, 4.69) is 5.32 Å². The lowest BCUT2D eigenvalue weighted by Gasteiger charge is -2.09. The van der Waals surface area contributed by atoms with Gasteiger partial charge in [0.15, 0.2) is 12.4 Å². The predicted molar refractivity (Wildman–Crippen MR) is 115 cm³/mol.